The molecule has 0 spiro atoms. The normalized spacial score (nSPS) is 23.0. The van der Waals surface area contributed by atoms with E-state index in [2.05, 4.69) is 5.32 Å². The first-order valence-corrected chi connectivity index (χ1v) is 6.76. The zero-order valence-electron chi connectivity index (χ0n) is 11.3. The van der Waals surface area contributed by atoms with Crippen molar-refractivity contribution in [3.63, 3.8) is 0 Å². The Balaban J connectivity index is 1.89. The Morgan fingerprint density at radius 3 is 2.74 bits per heavy atom. The lowest BCUT2D eigenvalue weighted by Crippen LogP contribution is -2.46. The van der Waals surface area contributed by atoms with Gasteiger partial charge in [0.15, 0.2) is 0 Å². The van der Waals surface area contributed by atoms with E-state index < -0.39 is 11.4 Å². The molecule has 0 radical (unpaired) electrons. The monoisotopic (exact) mass is 263 g/mol. The summed E-state index contributed by atoms with van der Waals surface area (Å²) in [5.41, 5.74) is 0.522. The number of carboxylic acid groups (broad SMARTS) is 1. The Bertz CT molecular complexity index is 422. The minimum absolute atomic E-state index is 0.442. The van der Waals surface area contributed by atoms with Crippen molar-refractivity contribution in [3.8, 4) is 5.75 Å². The van der Waals surface area contributed by atoms with Gasteiger partial charge in [-0.05, 0) is 44.9 Å². The first-order chi connectivity index (χ1) is 9.12. The molecule has 1 aliphatic rings. The van der Waals surface area contributed by atoms with Gasteiger partial charge in [-0.2, -0.15) is 0 Å². The van der Waals surface area contributed by atoms with Gasteiger partial charge in [-0.3, -0.25) is 4.79 Å². The van der Waals surface area contributed by atoms with E-state index in [9.17, 15) is 9.90 Å². The van der Waals surface area contributed by atoms with Crippen LogP contribution in [0.4, 0.5) is 0 Å². The number of hydrogen-bond acceptors (Lipinski definition) is 3. The maximum absolute atomic E-state index is 11.5. The minimum Gasteiger partial charge on any atom is -0.494 e. The molecular formula is C15H21NO3. The average molecular weight is 263 g/mol. The van der Waals surface area contributed by atoms with Crippen molar-refractivity contribution in [2.24, 2.45) is 5.41 Å². The fourth-order valence-corrected chi connectivity index (χ4v) is 2.47. The number of aryl methyl sites for hydroxylation is 1. The zero-order valence-corrected chi connectivity index (χ0v) is 11.3. The number of rotatable bonds is 5. The summed E-state index contributed by atoms with van der Waals surface area (Å²) in [6.45, 7) is 3.92. The number of benzene rings is 1. The third kappa shape index (κ3) is 3.47. The molecule has 1 aromatic rings. The Hall–Kier alpha value is -1.55. The van der Waals surface area contributed by atoms with E-state index in [-0.39, 0.29) is 0 Å². The summed E-state index contributed by atoms with van der Waals surface area (Å²) in [6.07, 6.45) is 2.19. The third-order valence-corrected chi connectivity index (χ3v) is 3.80. The molecule has 4 heteroatoms. The van der Waals surface area contributed by atoms with Crippen LogP contribution in [0.15, 0.2) is 24.3 Å². The van der Waals surface area contributed by atoms with Gasteiger partial charge in [-0.1, -0.05) is 17.7 Å². The van der Waals surface area contributed by atoms with Crippen molar-refractivity contribution in [2.75, 3.05) is 19.7 Å². The van der Waals surface area contributed by atoms with E-state index in [1.54, 1.807) is 0 Å². The second-order valence-corrected chi connectivity index (χ2v) is 5.28. The molecule has 0 aromatic heterocycles. The number of hydrogen-bond donors (Lipinski definition) is 2. The number of ether oxygens (including phenoxy) is 1. The number of carbonyl (C=O) groups is 1. The van der Waals surface area contributed by atoms with Crippen molar-refractivity contribution in [3.05, 3.63) is 29.8 Å². The number of aliphatic carboxylic acids is 1. The molecule has 0 aliphatic carbocycles. The first-order valence-electron chi connectivity index (χ1n) is 6.76. The van der Waals surface area contributed by atoms with Crippen LogP contribution in [0, 0.1) is 12.3 Å². The molecule has 2 rings (SSSR count). The van der Waals surface area contributed by atoms with E-state index in [1.165, 1.54) is 5.56 Å². The summed E-state index contributed by atoms with van der Waals surface area (Å²) in [4.78, 5) is 11.5. The summed E-state index contributed by atoms with van der Waals surface area (Å²) in [7, 11) is 0. The lowest BCUT2D eigenvalue weighted by atomic mass is 9.78. The van der Waals surface area contributed by atoms with E-state index in [1.807, 2.05) is 31.2 Å². The van der Waals surface area contributed by atoms with E-state index in [0.717, 1.165) is 25.1 Å². The van der Waals surface area contributed by atoms with Crippen LogP contribution >= 0.6 is 0 Å². The lowest BCUT2D eigenvalue weighted by Gasteiger charge is -2.33. The van der Waals surface area contributed by atoms with Crippen molar-refractivity contribution >= 4 is 5.97 Å². The quantitative estimate of drug-likeness (QED) is 0.855. The molecular weight excluding hydrogens is 242 g/mol. The number of nitrogens with one attached hydrogen (secondary N) is 1. The average Bonchev–Trinajstić information content (AvgIpc) is 2.42. The van der Waals surface area contributed by atoms with Crippen LogP contribution in [0.2, 0.25) is 0 Å². The highest BCUT2D eigenvalue weighted by Gasteiger charge is 2.39. The molecule has 1 fully saturated rings. The Morgan fingerprint density at radius 1 is 1.42 bits per heavy atom. The highest BCUT2D eigenvalue weighted by atomic mass is 16.5. The molecule has 1 saturated heterocycles. The standard InChI is InChI=1S/C15H21NO3/c1-12-3-5-13(6-4-12)19-10-8-15(14(17)18)7-2-9-16-11-15/h3-6,16H,2,7-11H2,1H3,(H,17,18). The predicted molar refractivity (Wildman–Crippen MR) is 73.5 cm³/mol. The zero-order chi connectivity index (χ0) is 13.7. The molecule has 19 heavy (non-hydrogen) atoms. The van der Waals surface area contributed by atoms with Crippen LogP contribution in [0.1, 0.15) is 24.8 Å². The largest absolute Gasteiger partial charge is 0.494 e. The molecule has 0 bridgehead atoms. The van der Waals surface area contributed by atoms with Crippen molar-refractivity contribution in [2.45, 2.75) is 26.2 Å². The summed E-state index contributed by atoms with van der Waals surface area (Å²) in [5.74, 6) is 0.0853. The summed E-state index contributed by atoms with van der Waals surface area (Å²) in [6, 6.07) is 7.82. The molecule has 1 atom stereocenters. The fourth-order valence-electron chi connectivity index (χ4n) is 2.47. The van der Waals surface area contributed by atoms with Gasteiger partial charge in [-0.25, -0.2) is 0 Å². The van der Waals surface area contributed by atoms with Crippen LogP contribution in [0.5, 0.6) is 5.75 Å². The third-order valence-electron chi connectivity index (χ3n) is 3.80. The summed E-state index contributed by atoms with van der Waals surface area (Å²) in [5, 5.41) is 12.6. The Labute approximate surface area is 113 Å². The minimum atomic E-state index is -0.716. The molecule has 1 unspecified atom stereocenters. The summed E-state index contributed by atoms with van der Waals surface area (Å²) < 4.78 is 5.65. The number of carboxylic acids is 1. The van der Waals surface area contributed by atoms with E-state index >= 15 is 0 Å². The molecule has 1 aliphatic heterocycles. The highest BCUT2D eigenvalue weighted by Crippen LogP contribution is 2.30. The number of piperidine rings is 1. The first kappa shape index (κ1) is 13.9. The molecule has 1 heterocycles. The molecule has 1 aromatic carbocycles. The predicted octanol–water partition coefficient (Wildman–Crippen LogP) is 2.22. The van der Waals surface area contributed by atoms with Crippen molar-refractivity contribution in [1.29, 1.82) is 0 Å². The van der Waals surface area contributed by atoms with Crippen LogP contribution in [-0.4, -0.2) is 30.8 Å². The topological polar surface area (TPSA) is 58.6 Å². The molecule has 104 valence electrons. The van der Waals surface area contributed by atoms with Crippen LogP contribution in [-0.2, 0) is 4.79 Å². The van der Waals surface area contributed by atoms with Gasteiger partial charge in [0.25, 0.3) is 0 Å². The van der Waals surface area contributed by atoms with Gasteiger partial charge in [0.1, 0.15) is 5.75 Å². The maximum Gasteiger partial charge on any atom is 0.311 e. The van der Waals surface area contributed by atoms with Crippen molar-refractivity contribution in [1.82, 2.24) is 5.32 Å². The lowest BCUT2D eigenvalue weighted by molar-refractivity contribution is -0.151. The molecule has 2 N–H and O–H groups in total. The Kier molecular flexibility index (Phi) is 4.43. The molecule has 0 amide bonds. The summed E-state index contributed by atoms with van der Waals surface area (Å²) >= 11 is 0. The van der Waals surface area contributed by atoms with Crippen molar-refractivity contribution < 1.29 is 14.6 Å². The second-order valence-electron chi connectivity index (χ2n) is 5.28. The Morgan fingerprint density at radius 2 is 2.16 bits per heavy atom. The van der Waals surface area contributed by atoms with Gasteiger partial charge >= 0.3 is 5.97 Å². The highest BCUT2D eigenvalue weighted by molar-refractivity contribution is 5.75. The van der Waals surface area contributed by atoms with Gasteiger partial charge in [0.05, 0.1) is 12.0 Å². The molecule has 0 saturated carbocycles. The van der Waals surface area contributed by atoms with E-state index in [0.29, 0.717) is 19.6 Å². The SMILES string of the molecule is Cc1ccc(OCCC2(C(=O)O)CCCNC2)cc1. The second kappa shape index (κ2) is 6.06. The van der Waals surface area contributed by atoms with Crippen LogP contribution < -0.4 is 10.1 Å². The smallest absolute Gasteiger partial charge is 0.311 e. The van der Waals surface area contributed by atoms with Gasteiger partial charge in [-0.15, -0.1) is 0 Å². The van der Waals surface area contributed by atoms with Crippen LogP contribution in [0.25, 0.3) is 0 Å². The van der Waals surface area contributed by atoms with Gasteiger partial charge < -0.3 is 15.2 Å². The van der Waals surface area contributed by atoms with Crippen LogP contribution in [0.3, 0.4) is 0 Å². The molecule has 4 nitrogen and oxygen atoms in total. The van der Waals surface area contributed by atoms with E-state index in [4.69, 9.17) is 4.74 Å². The maximum atomic E-state index is 11.5. The van der Waals surface area contributed by atoms with Gasteiger partial charge in [0, 0.05) is 6.54 Å². The fraction of sp³-hybridized carbons (Fsp3) is 0.533. The van der Waals surface area contributed by atoms with Gasteiger partial charge in [0.2, 0.25) is 0 Å².